The highest BCUT2D eigenvalue weighted by Gasteiger charge is 2.17. The summed E-state index contributed by atoms with van der Waals surface area (Å²) < 4.78 is 11.5. The van der Waals surface area contributed by atoms with Crippen molar-refractivity contribution in [3.8, 4) is 5.75 Å². The smallest absolute Gasteiger partial charge is 0.255 e. The number of rotatable bonds is 7. The highest BCUT2D eigenvalue weighted by molar-refractivity contribution is 6.08. The van der Waals surface area contributed by atoms with Crippen LogP contribution in [0.15, 0.2) is 66.7 Å². The third-order valence-electron chi connectivity index (χ3n) is 6.91. The second-order valence-corrected chi connectivity index (χ2v) is 9.68. The Bertz CT molecular complexity index is 1280. The molecule has 2 heterocycles. The van der Waals surface area contributed by atoms with Crippen LogP contribution >= 0.6 is 0 Å². The summed E-state index contributed by atoms with van der Waals surface area (Å²) in [6.07, 6.45) is 2.05. The van der Waals surface area contributed by atoms with Gasteiger partial charge < -0.3 is 30.3 Å². The molecule has 8 heteroatoms. The lowest BCUT2D eigenvalue weighted by Crippen LogP contribution is -2.36. The number of amides is 2. The van der Waals surface area contributed by atoms with Crippen LogP contribution in [0.2, 0.25) is 0 Å². The maximum Gasteiger partial charge on any atom is 0.255 e. The first-order chi connectivity index (χ1) is 18.5. The molecule has 0 unspecified atom stereocenters. The SMILES string of the molecule is Cc1ccc(C(=O)Nc2cccc(N3CCOCC3)c2)cc1NC(=O)c1cccc(OC2CCNCC2)c1. The summed E-state index contributed by atoms with van der Waals surface area (Å²) >= 11 is 0. The summed E-state index contributed by atoms with van der Waals surface area (Å²) in [5.41, 5.74) is 4.20. The van der Waals surface area contributed by atoms with Crippen molar-refractivity contribution in [2.24, 2.45) is 0 Å². The third-order valence-corrected chi connectivity index (χ3v) is 6.91. The van der Waals surface area contributed by atoms with E-state index in [-0.39, 0.29) is 17.9 Å². The number of aryl methyl sites for hydroxylation is 1. The van der Waals surface area contributed by atoms with Gasteiger partial charge in [0.15, 0.2) is 0 Å². The number of benzene rings is 3. The molecule has 0 spiro atoms. The van der Waals surface area contributed by atoms with Gasteiger partial charge in [0.1, 0.15) is 11.9 Å². The predicted octanol–water partition coefficient (Wildman–Crippen LogP) is 4.47. The molecule has 5 rings (SSSR count). The summed E-state index contributed by atoms with van der Waals surface area (Å²) in [4.78, 5) is 28.4. The molecule has 0 saturated carbocycles. The molecule has 2 saturated heterocycles. The first-order valence-electron chi connectivity index (χ1n) is 13.2. The summed E-state index contributed by atoms with van der Waals surface area (Å²) in [5.74, 6) is 0.199. The number of hydrogen-bond donors (Lipinski definition) is 3. The standard InChI is InChI=1S/C30H34N4O4/c1-21-8-9-23(29(35)32-24-5-3-6-25(20-24)34-14-16-37-17-15-34)19-28(21)33-30(36)22-4-2-7-27(18-22)38-26-10-12-31-13-11-26/h2-9,18-20,26,31H,10-17H2,1H3,(H,32,35)(H,33,36). The molecule has 3 aromatic rings. The topological polar surface area (TPSA) is 91.9 Å². The van der Waals surface area contributed by atoms with Gasteiger partial charge in [-0.25, -0.2) is 0 Å². The number of nitrogens with one attached hydrogen (secondary N) is 3. The van der Waals surface area contributed by atoms with Gasteiger partial charge in [0, 0.05) is 41.3 Å². The molecule has 2 fully saturated rings. The van der Waals surface area contributed by atoms with Gasteiger partial charge in [0.2, 0.25) is 0 Å². The Morgan fingerprint density at radius 2 is 1.63 bits per heavy atom. The fourth-order valence-corrected chi connectivity index (χ4v) is 4.71. The van der Waals surface area contributed by atoms with Crippen LogP contribution < -0.4 is 25.6 Å². The zero-order chi connectivity index (χ0) is 26.3. The maximum absolute atomic E-state index is 13.1. The first kappa shape index (κ1) is 25.8. The number of morpholine rings is 1. The lowest BCUT2D eigenvalue weighted by molar-refractivity contribution is 0.101. The van der Waals surface area contributed by atoms with E-state index in [1.165, 1.54) is 0 Å². The van der Waals surface area contributed by atoms with Gasteiger partial charge in [-0.15, -0.1) is 0 Å². The average molecular weight is 515 g/mol. The molecular formula is C30H34N4O4. The highest BCUT2D eigenvalue weighted by atomic mass is 16.5. The monoisotopic (exact) mass is 514 g/mol. The van der Waals surface area contributed by atoms with Crippen LogP contribution in [0.3, 0.4) is 0 Å². The quantitative estimate of drug-likeness (QED) is 0.431. The van der Waals surface area contributed by atoms with E-state index >= 15 is 0 Å². The Hall–Kier alpha value is -3.88. The molecule has 38 heavy (non-hydrogen) atoms. The molecule has 0 atom stereocenters. The third kappa shape index (κ3) is 6.51. The van der Waals surface area contributed by atoms with Crippen LogP contribution in [-0.4, -0.2) is 57.3 Å². The van der Waals surface area contributed by atoms with Gasteiger partial charge in [-0.05, 0) is 86.9 Å². The van der Waals surface area contributed by atoms with Crippen molar-refractivity contribution in [1.82, 2.24) is 5.32 Å². The molecule has 2 aliphatic heterocycles. The molecule has 0 bridgehead atoms. The lowest BCUT2D eigenvalue weighted by Gasteiger charge is -2.29. The van der Waals surface area contributed by atoms with E-state index in [0.29, 0.717) is 35.8 Å². The van der Waals surface area contributed by atoms with Crippen molar-refractivity contribution >= 4 is 28.9 Å². The fourth-order valence-electron chi connectivity index (χ4n) is 4.71. The molecule has 0 aromatic heterocycles. The van der Waals surface area contributed by atoms with Crippen molar-refractivity contribution < 1.29 is 19.1 Å². The molecule has 3 N–H and O–H groups in total. The molecule has 2 aliphatic rings. The van der Waals surface area contributed by atoms with Crippen molar-refractivity contribution in [2.45, 2.75) is 25.9 Å². The molecule has 8 nitrogen and oxygen atoms in total. The lowest BCUT2D eigenvalue weighted by atomic mass is 10.1. The van der Waals surface area contributed by atoms with Crippen molar-refractivity contribution in [3.05, 3.63) is 83.4 Å². The summed E-state index contributed by atoms with van der Waals surface area (Å²) in [6.45, 7) is 6.82. The van der Waals surface area contributed by atoms with Gasteiger partial charge >= 0.3 is 0 Å². The molecule has 0 radical (unpaired) electrons. The van der Waals surface area contributed by atoms with Crippen molar-refractivity contribution in [1.29, 1.82) is 0 Å². The number of ether oxygens (including phenoxy) is 2. The molecule has 198 valence electrons. The average Bonchev–Trinajstić information content (AvgIpc) is 2.95. The molecular weight excluding hydrogens is 480 g/mol. The molecule has 3 aromatic carbocycles. The Labute approximate surface area is 223 Å². The number of carbonyl (C=O) groups is 2. The number of nitrogens with zero attached hydrogens (tertiary/aromatic N) is 1. The van der Waals surface area contributed by atoms with Crippen LogP contribution in [0, 0.1) is 6.92 Å². The fraction of sp³-hybridized carbons (Fsp3) is 0.333. The summed E-state index contributed by atoms with van der Waals surface area (Å²) in [5, 5.41) is 9.28. The largest absolute Gasteiger partial charge is 0.490 e. The Balaban J connectivity index is 1.25. The van der Waals surface area contributed by atoms with E-state index in [2.05, 4.69) is 20.9 Å². The van der Waals surface area contributed by atoms with Gasteiger partial charge in [-0.1, -0.05) is 18.2 Å². The minimum Gasteiger partial charge on any atom is -0.490 e. The van der Waals surface area contributed by atoms with Crippen LogP contribution in [0.4, 0.5) is 17.1 Å². The number of piperidine rings is 1. The zero-order valence-electron chi connectivity index (χ0n) is 21.7. The minimum absolute atomic E-state index is 0.154. The van der Waals surface area contributed by atoms with E-state index in [0.717, 1.165) is 56.0 Å². The zero-order valence-corrected chi connectivity index (χ0v) is 21.7. The molecule has 2 amide bonds. The van der Waals surface area contributed by atoms with E-state index in [4.69, 9.17) is 9.47 Å². The van der Waals surface area contributed by atoms with Crippen LogP contribution in [-0.2, 0) is 4.74 Å². The van der Waals surface area contributed by atoms with Crippen LogP contribution in [0.1, 0.15) is 39.1 Å². The Kier molecular flexibility index (Phi) is 8.21. The predicted molar refractivity (Wildman–Crippen MR) is 150 cm³/mol. The minimum atomic E-state index is -0.250. The normalized spacial score (nSPS) is 16.1. The van der Waals surface area contributed by atoms with E-state index in [1.54, 1.807) is 24.3 Å². The maximum atomic E-state index is 13.1. The second kappa shape index (κ2) is 12.1. The number of carbonyl (C=O) groups excluding carboxylic acids is 2. The second-order valence-electron chi connectivity index (χ2n) is 9.68. The van der Waals surface area contributed by atoms with Crippen LogP contribution in [0.25, 0.3) is 0 Å². The Morgan fingerprint density at radius 1 is 0.895 bits per heavy atom. The Morgan fingerprint density at radius 3 is 2.45 bits per heavy atom. The van der Waals surface area contributed by atoms with Crippen molar-refractivity contribution in [3.63, 3.8) is 0 Å². The summed E-state index contributed by atoms with van der Waals surface area (Å²) in [7, 11) is 0. The first-order valence-corrected chi connectivity index (χ1v) is 13.2. The van der Waals surface area contributed by atoms with Gasteiger partial charge in [-0.2, -0.15) is 0 Å². The molecule has 0 aliphatic carbocycles. The summed E-state index contributed by atoms with van der Waals surface area (Å²) in [6, 6.07) is 20.4. The van der Waals surface area contributed by atoms with Gasteiger partial charge in [-0.3, -0.25) is 9.59 Å². The van der Waals surface area contributed by atoms with E-state index in [9.17, 15) is 9.59 Å². The number of hydrogen-bond acceptors (Lipinski definition) is 6. The highest BCUT2D eigenvalue weighted by Crippen LogP contribution is 2.24. The van der Waals surface area contributed by atoms with E-state index in [1.807, 2.05) is 49.4 Å². The van der Waals surface area contributed by atoms with Crippen LogP contribution in [0.5, 0.6) is 5.75 Å². The van der Waals surface area contributed by atoms with E-state index < -0.39 is 0 Å². The number of anilines is 3. The van der Waals surface area contributed by atoms with Crippen molar-refractivity contribution in [2.75, 3.05) is 54.9 Å². The van der Waals surface area contributed by atoms with Gasteiger partial charge in [0.05, 0.1) is 13.2 Å². The van der Waals surface area contributed by atoms with Gasteiger partial charge in [0.25, 0.3) is 11.8 Å².